The van der Waals surface area contributed by atoms with Crippen molar-refractivity contribution >= 4 is 40.8 Å². The van der Waals surface area contributed by atoms with Crippen molar-refractivity contribution < 1.29 is 4.74 Å². The summed E-state index contributed by atoms with van der Waals surface area (Å²) < 4.78 is 5.68. The first-order valence-corrected chi connectivity index (χ1v) is 9.89. The average molecular weight is 505 g/mol. The van der Waals surface area contributed by atoms with E-state index < -0.39 is 0 Å². The molecule has 154 valence electrons. The van der Waals surface area contributed by atoms with Crippen molar-refractivity contribution in [2.45, 2.75) is 25.8 Å². The van der Waals surface area contributed by atoms with Crippen molar-refractivity contribution in [1.29, 1.82) is 0 Å². The van der Waals surface area contributed by atoms with Crippen molar-refractivity contribution in [3.8, 4) is 5.88 Å². The van der Waals surface area contributed by atoms with Gasteiger partial charge in [0, 0.05) is 49.5 Å². The molecule has 4 rings (SSSR count). The Morgan fingerprint density at radius 2 is 2.07 bits per heavy atom. The van der Waals surface area contributed by atoms with Gasteiger partial charge in [-0.1, -0.05) is 24.3 Å². The lowest BCUT2D eigenvalue weighted by molar-refractivity contribution is 0.288. The second kappa shape index (κ2) is 10.5. The van der Waals surface area contributed by atoms with Crippen LogP contribution in [0, 0.1) is 5.92 Å². The smallest absolute Gasteiger partial charge is 0.213 e. The van der Waals surface area contributed by atoms with Gasteiger partial charge in [0.25, 0.3) is 0 Å². The third kappa shape index (κ3) is 6.09. The van der Waals surface area contributed by atoms with Crippen LogP contribution in [0.4, 0.5) is 0 Å². The van der Waals surface area contributed by atoms with Crippen LogP contribution < -0.4 is 15.4 Å². The van der Waals surface area contributed by atoms with E-state index in [9.17, 15) is 0 Å². The summed E-state index contributed by atoms with van der Waals surface area (Å²) in [6.45, 7) is 2.27. The first-order valence-electron chi connectivity index (χ1n) is 9.89. The molecule has 2 heterocycles. The fourth-order valence-corrected chi connectivity index (χ4v) is 3.15. The Balaban J connectivity index is 0.00000240. The lowest BCUT2D eigenvalue weighted by atomic mass is 10.1. The Kier molecular flexibility index (Phi) is 7.74. The van der Waals surface area contributed by atoms with Crippen LogP contribution in [-0.4, -0.2) is 36.1 Å². The minimum absolute atomic E-state index is 0. The zero-order chi connectivity index (χ0) is 19.2. The van der Waals surface area contributed by atoms with E-state index in [0.29, 0.717) is 12.4 Å². The summed E-state index contributed by atoms with van der Waals surface area (Å²) >= 11 is 0. The Hall–Kier alpha value is -2.29. The molecule has 1 saturated carbocycles. The van der Waals surface area contributed by atoms with Crippen molar-refractivity contribution in [1.82, 2.24) is 20.6 Å². The minimum atomic E-state index is 0. The topological polar surface area (TPSA) is 74.3 Å². The summed E-state index contributed by atoms with van der Waals surface area (Å²) in [6, 6.07) is 12.4. The van der Waals surface area contributed by atoms with Gasteiger partial charge in [0.15, 0.2) is 5.96 Å². The molecule has 0 atom stereocenters. The monoisotopic (exact) mass is 505 g/mol. The Bertz CT molecular complexity index is 934. The number of benzene rings is 1. The van der Waals surface area contributed by atoms with Gasteiger partial charge in [-0.3, -0.25) is 4.99 Å². The highest BCUT2D eigenvalue weighted by Crippen LogP contribution is 2.29. The van der Waals surface area contributed by atoms with Crippen LogP contribution in [0.5, 0.6) is 5.88 Å². The Morgan fingerprint density at radius 3 is 2.83 bits per heavy atom. The summed E-state index contributed by atoms with van der Waals surface area (Å²) in [5, 5.41) is 7.99. The second-order valence-electron chi connectivity index (χ2n) is 7.22. The number of guanidine groups is 1. The molecule has 2 aromatic heterocycles. The predicted molar refractivity (Wildman–Crippen MR) is 128 cm³/mol. The van der Waals surface area contributed by atoms with E-state index in [2.05, 4.69) is 50.0 Å². The van der Waals surface area contributed by atoms with Crippen molar-refractivity contribution in [2.75, 3.05) is 20.2 Å². The number of aliphatic imine (C=N–C) groups is 1. The van der Waals surface area contributed by atoms with Crippen molar-refractivity contribution in [2.24, 2.45) is 10.9 Å². The maximum absolute atomic E-state index is 5.68. The van der Waals surface area contributed by atoms with Gasteiger partial charge in [-0.2, -0.15) is 0 Å². The Morgan fingerprint density at radius 1 is 1.21 bits per heavy atom. The number of pyridine rings is 1. The zero-order valence-electron chi connectivity index (χ0n) is 16.6. The number of rotatable bonds is 8. The minimum Gasteiger partial charge on any atom is -0.477 e. The molecule has 7 heteroatoms. The first-order chi connectivity index (χ1) is 13.8. The van der Waals surface area contributed by atoms with Gasteiger partial charge in [0.05, 0.1) is 6.61 Å². The van der Waals surface area contributed by atoms with Gasteiger partial charge >= 0.3 is 0 Å². The number of nitrogens with zero attached hydrogens (tertiary/aromatic N) is 2. The SMILES string of the molecule is CN=C(NCCc1c[nH]c2ccccc12)NCc1ccc(OCC2CC2)nc1.I. The van der Waals surface area contributed by atoms with E-state index in [1.54, 1.807) is 7.05 Å². The molecule has 3 aromatic rings. The van der Waals surface area contributed by atoms with Gasteiger partial charge in [-0.05, 0) is 42.4 Å². The van der Waals surface area contributed by atoms with E-state index in [1.165, 1.54) is 29.3 Å². The molecule has 0 amide bonds. The predicted octanol–water partition coefficient (Wildman–Crippen LogP) is 3.88. The van der Waals surface area contributed by atoms with E-state index in [-0.39, 0.29) is 24.0 Å². The van der Waals surface area contributed by atoms with Crippen LogP contribution >= 0.6 is 24.0 Å². The number of aromatic nitrogens is 2. The zero-order valence-corrected chi connectivity index (χ0v) is 19.0. The molecule has 0 unspecified atom stereocenters. The Labute approximate surface area is 188 Å². The molecule has 1 aliphatic carbocycles. The maximum atomic E-state index is 5.68. The lowest BCUT2D eigenvalue weighted by Gasteiger charge is -2.12. The molecule has 1 aliphatic rings. The highest BCUT2D eigenvalue weighted by Gasteiger charge is 2.22. The van der Waals surface area contributed by atoms with Crippen LogP contribution in [0.3, 0.4) is 0 Å². The van der Waals surface area contributed by atoms with E-state index >= 15 is 0 Å². The van der Waals surface area contributed by atoms with Gasteiger partial charge in [0.2, 0.25) is 5.88 Å². The maximum Gasteiger partial charge on any atom is 0.213 e. The highest BCUT2D eigenvalue weighted by atomic mass is 127. The fraction of sp³-hybridized carbons (Fsp3) is 0.364. The van der Waals surface area contributed by atoms with Gasteiger partial charge in [-0.25, -0.2) is 4.98 Å². The number of ether oxygens (including phenoxy) is 1. The third-order valence-corrected chi connectivity index (χ3v) is 5.01. The number of hydrogen-bond acceptors (Lipinski definition) is 3. The first kappa shape index (κ1) is 21.4. The van der Waals surface area contributed by atoms with Gasteiger partial charge < -0.3 is 20.4 Å². The summed E-state index contributed by atoms with van der Waals surface area (Å²) in [7, 11) is 1.79. The van der Waals surface area contributed by atoms with E-state index in [0.717, 1.165) is 37.0 Å². The molecular formula is C22H28IN5O. The molecule has 29 heavy (non-hydrogen) atoms. The summed E-state index contributed by atoms with van der Waals surface area (Å²) in [5.74, 6) is 2.23. The van der Waals surface area contributed by atoms with Gasteiger partial charge in [0.1, 0.15) is 0 Å². The number of H-pyrrole nitrogens is 1. The number of para-hydroxylation sites is 1. The van der Waals surface area contributed by atoms with Crippen molar-refractivity contribution in [3.63, 3.8) is 0 Å². The van der Waals surface area contributed by atoms with Gasteiger partial charge in [-0.15, -0.1) is 24.0 Å². The molecule has 0 bridgehead atoms. The van der Waals surface area contributed by atoms with Crippen LogP contribution in [0.25, 0.3) is 10.9 Å². The van der Waals surface area contributed by atoms with Crippen LogP contribution in [0.15, 0.2) is 53.8 Å². The number of hydrogen-bond donors (Lipinski definition) is 3. The van der Waals surface area contributed by atoms with Crippen LogP contribution in [-0.2, 0) is 13.0 Å². The summed E-state index contributed by atoms with van der Waals surface area (Å²) in [6.07, 6.45) is 7.44. The van der Waals surface area contributed by atoms with Crippen LogP contribution in [0.2, 0.25) is 0 Å². The number of halogens is 1. The molecule has 0 saturated heterocycles. The fourth-order valence-electron chi connectivity index (χ4n) is 3.15. The molecule has 0 spiro atoms. The molecule has 1 aromatic carbocycles. The number of nitrogens with one attached hydrogen (secondary N) is 3. The molecule has 0 aliphatic heterocycles. The normalized spacial score (nSPS) is 13.8. The highest BCUT2D eigenvalue weighted by molar-refractivity contribution is 14.0. The standard InChI is InChI=1S/C22H27N5O.HI/c1-23-22(24-11-10-18-14-25-20-5-3-2-4-19(18)20)27-13-17-8-9-21(26-12-17)28-15-16-6-7-16;/h2-5,8-9,12,14,16,25H,6-7,10-11,13,15H2,1H3,(H2,23,24,27);1H. The number of fused-ring (bicyclic) bond motifs is 1. The van der Waals surface area contributed by atoms with E-state index in [4.69, 9.17) is 4.74 Å². The molecule has 3 N–H and O–H groups in total. The molecule has 0 radical (unpaired) electrons. The average Bonchev–Trinajstić information content (AvgIpc) is 3.49. The number of aromatic amines is 1. The van der Waals surface area contributed by atoms with Crippen LogP contribution in [0.1, 0.15) is 24.0 Å². The van der Waals surface area contributed by atoms with E-state index in [1.807, 2.05) is 24.4 Å². The summed E-state index contributed by atoms with van der Waals surface area (Å²) in [5.41, 5.74) is 3.58. The third-order valence-electron chi connectivity index (χ3n) is 5.01. The lowest BCUT2D eigenvalue weighted by Crippen LogP contribution is -2.37. The summed E-state index contributed by atoms with van der Waals surface area (Å²) in [4.78, 5) is 12.0. The van der Waals surface area contributed by atoms with Crippen molar-refractivity contribution in [3.05, 3.63) is 59.9 Å². The molecular weight excluding hydrogens is 477 g/mol. The molecule has 1 fully saturated rings. The quantitative estimate of drug-likeness (QED) is 0.247. The second-order valence-corrected chi connectivity index (χ2v) is 7.22. The largest absolute Gasteiger partial charge is 0.477 e. The molecule has 6 nitrogen and oxygen atoms in total.